The van der Waals surface area contributed by atoms with Crippen LogP contribution in [0.3, 0.4) is 0 Å². The molecule has 9 heterocycles. The molecule has 0 bridgehead atoms. The zero-order chi connectivity index (χ0) is 107. The first-order valence-corrected chi connectivity index (χ1v) is 50.8. The van der Waals surface area contributed by atoms with Gasteiger partial charge in [-0.2, -0.15) is 0 Å². The van der Waals surface area contributed by atoms with Gasteiger partial charge in [0.05, 0.1) is 71.2 Å². The van der Waals surface area contributed by atoms with Gasteiger partial charge in [0.15, 0.2) is 58.8 Å². The van der Waals surface area contributed by atoms with Crippen LogP contribution in [0.2, 0.25) is 0 Å². The number of nitrogens with zero attached hydrogens (tertiary/aromatic N) is 8. The molecule has 0 aromatic carbocycles. The highest BCUT2D eigenvalue weighted by molar-refractivity contribution is 6.02. The van der Waals surface area contributed by atoms with Gasteiger partial charge in [0, 0.05) is 134 Å². The molecule has 34 unspecified atom stereocenters. The summed E-state index contributed by atoms with van der Waals surface area (Å²) < 4.78 is 113. The number of esters is 3. The lowest BCUT2D eigenvalue weighted by Crippen LogP contribution is -2.60. The third-order valence-corrected chi connectivity index (χ3v) is 31.6. The Hall–Kier alpha value is -7.41. The molecular formula is C104H174N8O30. The fourth-order valence-corrected chi connectivity index (χ4v) is 23.4. The lowest BCUT2D eigenvalue weighted by Gasteiger charge is -2.48. The van der Waals surface area contributed by atoms with Gasteiger partial charge in [-0.25, -0.2) is 23.9 Å². The molecule has 37 atom stereocenters. The number of rotatable bonds is 22. The van der Waals surface area contributed by atoms with Gasteiger partial charge in [0.25, 0.3) is 0 Å². The van der Waals surface area contributed by atoms with Gasteiger partial charge in [-0.3, -0.25) is 38.4 Å². The smallest absolute Gasteiger partial charge is 0.420 e. The second kappa shape index (κ2) is 51.0. The molecule has 7 fully saturated rings. The van der Waals surface area contributed by atoms with E-state index >= 15 is 0 Å². The minimum atomic E-state index is -1.56. The molecule has 810 valence electrons. The summed E-state index contributed by atoms with van der Waals surface area (Å²) in [5, 5.41) is 4.52. The number of carbonyl (C=O) groups is 11. The lowest BCUT2D eigenvalue weighted by molar-refractivity contribution is -0.299. The van der Waals surface area contributed by atoms with Crippen molar-refractivity contribution in [3.05, 3.63) is 30.4 Å². The first kappa shape index (κ1) is 122. The van der Waals surface area contributed by atoms with E-state index < -0.39 is 221 Å². The van der Waals surface area contributed by atoms with Gasteiger partial charge in [0.1, 0.15) is 73.6 Å². The predicted octanol–water partition coefficient (Wildman–Crippen LogP) is 12.4. The molecule has 0 saturated carbocycles. The number of methoxy groups -OCH3 is 6. The van der Waals surface area contributed by atoms with Gasteiger partial charge >= 0.3 is 36.2 Å². The molecule has 1 aromatic rings. The van der Waals surface area contributed by atoms with Crippen LogP contribution in [0.1, 0.15) is 238 Å². The van der Waals surface area contributed by atoms with E-state index in [2.05, 4.69) is 24.8 Å². The van der Waals surface area contributed by atoms with Crippen LogP contribution in [0.5, 0.6) is 0 Å². The third kappa shape index (κ3) is 26.5. The number of amides is 2. The summed E-state index contributed by atoms with van der Waals surface area (Å²) in [5.41, 5.74) is -6.58. The minimum Gasteiger partial charge on any atom is -0.458 e. The lowest BCUT2D eigenvalue weighted by atomic mass is 9.73. The van der Waals surface area contributed by atoms with Crippen molar-refractivity contribution in [2.45, 2.75) is 394 Å². The number of ether oxygens (including phenoxy) is 18. The number of hydrogen-bond donors (Lipinski definition) is 0. The number of oxime groups is 1. The van der Waals surface area contributed by atoms with Crippen molar-refractivity contribution in [3.8, 4) is 0 Å². The van der Waals surface area contributed by atoms with Gasteiger partial charge in [-0.1, -0.05) is 81.3 Å². The van der Waals surface area contributed by atoms with Crippen molar-refractivity contribution < 1.29 is 143 Å². The van der Waals surface area contributed by atoms with Crippen molar-refractivity contribution in [2.75, 3.05) is 105 Å². The minimum absolute atomic E-state index is 0.00526. The number of ketones is 5. The number of likely N-dealkylation sites (N-methyl/N-ethyl adjacent to an activating group) is 5. The SMILES string of the molecule is CC[C@H]1OC(=O)C(C)C(=O)C(C)C(OC2OC(C)CC(N(C)C)C2OC)C(C)(OC)CC(C)/C(=N/OC)C(C)C2N(CC)C(=O)OC21C.CC[C@H]1OC(=O)C(C)C(=O)C(C)C(OC2OC(C)CC(N(C)C)C2OC)C(C)(OC)CC(C)C(=O)/C(C)=C/C1(C)OC(=O)n1ccnc1.CC[C@H]1OC(=O)C(C)C(=O)C(C)C(OC2OC(C)CC(N(C)C)C2OC)C(C)(OC)CC(C)C(=O)C(C)C2N(CC)C(=O)OC21C. The van der Waals surface area contributed by atoms with E-state index in [1.165, 1.54) is 64.9 Å². The van der Waals surface area contributed by atoms with E-state index in [4.69, 9.17) is 90.1 Å². The number of allylic oxidation sites excluding steroid dienone is 1. The van der Waals surface area contributed by atoms with Gasteiger partial charge in [-0.05, 0) is 216 Å². The number of fused-ring (bicyclic) bond motifs is 2. The van der Waals surface area contributed by atoms with Gasteiger partial charge < -0.3 is 115 Å². The fourth-order valence-electron chi connectivity index (χ4n) is 23.4. The Morgan fingerprint density at radius 3 is 1.08 bits per heavy atom. The standard InChI is InChI=1S/C35H61N3O10.C35H55N3O10.C34H58N2O10/c1-15-25-35(9)29(38(16-2)33(41)48-35)21(5)26(36-44-14)19(3)18-34(8,43-13)30(22(6)27(39)23(7)31(40)46-25)47-32-28(42-12)24(37(10)11)17-20(4)45-32;1-13-26-34(7,48-33(42)38-15-14-36-19-38)17-20(2)27(39)21(3)18-35(8,44-12)30(23(5)28(40)24(6)31(41)46-26)47-32-29(43-11)25(37(9)10)16-22(4)45-32;1-14-24-34(9)28(36(15-2)32(40)46-34)20(5)25(37)18(3)17-33(8,42-13)29(21(6)26(38)22(7)30(39)44-24)45-31-27(41-12)23(35(10)11)16-19(4)43-31/h19-25,28-30,32H,15-18H2,1-14H3;14-15,17,19,21-26,29-30,32H,13,16,18H2,1-12H3;18-24,27-29,31H,14-17H2,1-13H3/b36-26-;20-17+;/t19?,20?,21?,22?,23?,24?,25-,28?,29?,30?,32?,34?,35?;21?,22?,23?,24?,25?,26-,29?,30?,32?,34?,35?;18?,19?,20?,21?,22?,23?,24-,27?,28?,29?,31?,33?,34?/m111/s1. The Kier molecular flexibility index (Phi) is 43.6. The zero-order valence-corrected chi connectivity index (χ0v) is 92.3. The fraction of sp³-hybridized carbons (Fsp3) is 0.837. The molecule has 7 saturated heterocycles. The normalized spacial score (nSPS) is 41.5. The van der Waals surface area contributed by atoms with Crippen molar-refractivity contribution in [3.63, 3.8) is 0 Å². The highest BCUT2D eigenvalue weighted by Crippen LogP contribution is 2.48. The summed E-state index contributed by atoms with van der Waals surface area (Å²) in [6.45, 7) is 47.1. The number of aromatic nitrogens is 2. The molecule has 0 N–H and O–H groups in total. The molecule has 38 heteroatoms. The second-order valence-corrected chi connectivity index (χ2v) is 42.6. The molecule has 1 aromatic heterocycles. The number of cyclic esters (lactones) is 3. The van der Waals surface area contributed by atoms with E-state index in [1.807, 2.05) is 125 Å². The second-order valence-electron chi connectivity index (χ2n) is 42.6. The molecule has 8 aliphatic rings. The largest absolute Gasteiger partial charge is 0.458 e. The molecule has 142 heavy (non-hydrogen) atoms. The van der Waals surface area contributed by atoms with Crippen molar-refractivity contribution in [2.24, 2.45) is 70.3 Å². The quantitative estimate of drug-likeness (QED) is 0.0450. The Bertz CT molecular complexity index is 4460. The topological polar surface area (TPSA) is 410 Å². The Labute approximate surface area is 843 Å². The molecule has 0 aliphatic carbocycles. The summed E-state index contributed by atoms with van der Waals surface area (Å²) in [5.74, 6) is -12.4. The van der Waals surface area contributed by atoms with Crippen molar-refractivity contribution in [1.29, 1.82) is 0 Å². The van der Waals surface area contributed by atoms with Crippen LogP contribution in [-0.4, -0.2) is 366 Å². The summed E-state index contributed by atoms with van der Waals surface area (Å²) in [6.07, 6.45) is -2.36. The van der Waals surface area contributed by atoms with Crippen LogP contribution in [0, 0.1) is 65.1 Å². The summed E-state index contributed by atoms with van der Waals surface area (Å²) in [6, 6.07) is -1.32. The number of hydrogen-bond acceptors (Lipinski definition) is 35. The number of carbonyl (C=O) groups excluding carboxylic acids is 11. The van der Waals surface area contributed by atoms with E-state index in [0.717, 1.165) is 17.4 Å². The molecular weight excluding hydrogens is 1840 g/mol. The van der Waals surface area contributed by atoms with Crippen LogP contribution in [-0.2, 0) is 128 Å². The maximum atomic E-state index is 14.3. The Morgan fingerprint density at radius 1 is 0.451 bits per heavy atom. The number of imidazole rings is 1. The zero-order valence-electron chi connectivity index (χ0n) is 92.3. The maximum Gasteiger partial charge on any atom is 0.420 e. The summed E-state index contributed by atoms with van der Waals surface area (Å²) >= 11 is 0. The van der Waals surface area contributed by atoms with Crippen LogP contribution in [0.4, 0.5) is 14.4 Å². The van der Waals surface area contributed by atoms with Crippen LogP contribution in [0.15, 0.2) is 35.5 Å². The van der Waals surface area contributed by atoms with E-state index in [9.17, 15) is 52.7 Å². The molecule has 0 radical (unpaired) electrons. The summed E-state index contributed by atoms with van der Waals surface area (Å²) in [7, 11) is 22.8. The molecule has 0 spiro atoms. The highest BCUT2D eigenvalue weighted by atomic mass is 16.7. The van der Waals surface area contributed by atoms with E-state index in [0.29, 0.717) is 50.1 Å². The van der Waals surface area contributed by atoms with Crippen LogP contribution in [0.25, 0.3) is 0 Å². The monoisotopic (exact) mass is 2020 g/mol. The van der Waals surface area contributed by atoms with Crippen molar-refractivity contribution in [1.82, 2.24) is 34.1 Å². The highest BCUT2D eigenvalue weighted by Gasteiger charge is 2.64. The number of Topliss-reactive ketones (excluding diaryl/α,β-unsaturated/α-hetero) is 5. The summed E-state index contributed by atoms with van der Waals surface area (Å²) in [4.78, 5) is 170. The van der Waals surface area contributed by atoms with Crippen LogP contribution < -0.4 is 0 Å². The Balaban J connectivity index is 0.000000289. The molecule has 9 rings (SSSR count). The van der Waals surface area contributed by atoms with Gasteiger partial charge in [0.2, 0.25) is 0 Å². The average molecular weight is 2020 g/mol. The van der Waals surface area contributed by atoms with Crippen molar-refractivity contribution >= 4 is 70.8 Å². The maximum absolute atomic E-state index is 14.3. The van der Waals surface area contributed by atoms with E-state index in [-0.39, 0.29) is 84.9 Å². The van der Waals surface area contributed by atoms with Gasteiger partial charge in [-0.15, -0.1) is 0 Å². The first-order valence-electron chi connectivity index (χ1n) is 50.8. The first-order chi connectivity index (χ1) is 66.3. The molecule has 38 nitrogen and oxygen atoms in total. The average Bonchev–Trinajstić information content (AvgIpc) is 1.60. The molecule has 2 amide bonds. The van der Waals surface area contributed by atoms with E-state index in [1.54, 1.807) is 116 Å². The van der Waals surface area contributed by atoms with Crippen LogP contribution >= 0.6 is 0 Å². The Morgan fingerprint density at radius 2 is 0.782 bits per heavy atom. The predicted molar refractivity (Wildman–Crippen MR) is 526 cm³/mol. The third-order valence-electron chi connectivity index (χ3n) is 31.6. The molecule has 8 aliphatic heterocycles.